The number of aliphatic hydroxyl groups excluding tert-OH is 1. The van der Waals surface area contributed by atoms with Crippen LogP contribution in [0.3, 0.4) is 0 Å². The first-order valence-corrected chi connectivity index (χ1v) is 9.45. The molecule has 0 aliphatic carbocycles. The van der Waals surface area contributed by atoms with Gasteiger partial charge in [-0.3, -0.25) is 9.13 Å². The molecule has 0 amide bonds. The Bertz CT molecular complexity index is 195. The van der Waals surface area contributed by atoms with E-state index in [-0.39, 0.29) is 0 Å². The highest BCUT2D eigenvalue weighted by molar-refractivity contribution is 8.22. The van der Waals surface area contributed by atoms with E-state index in [1.807, 2.05) is 0 Å². The highest BCUT2D eigenvalue weighted by atomic mass is 35.9. The van der Waals surface area contributed by atoms with E-state index < -0.39 is 23.7 Å². The van der Waals surface area contributed by atoms with Crippen LogP contribution in [0.5, 0.6) is 0 Å². The molecule has 68 valence electrons. The van der Waals surface area contributed by atoms with Gasteiger partial charge >= 0.3 is 0 Å². The lowest BCUT2D eigenvalue weighted by Gasteiger charge is -2.14. The summed E-state index contributed by atoms with van der Waals surface area (Å²) in [5, 5.41) is 7.06. The zero-order valence-electron chi connectivity index (χ0n) is 4.95. The SMILES string of the molecule is O=P(Cl)(Cl)C(CO)P(=O)(Cl)Cl. The van der Waals surface area contributed by atoms with Crippen LogP contribution in [-0.2, 0) is 9.13 Å². The maximum atomic E-state index is 10.8. The summed E-state index contributed by atoms with van der Waals surface area (Å²) in [5.74, 6) is -7.46. The lowest BCUT2D eigenvalue weighted by molar-refractivity contribution is 0.311. The van der Waals surface area contributed by atoms with Crippen molar-refractivity contribution < 1.29 is 14.2 Å². The number of aliphatic hydroxyl groups is 1. The normalized spacial score (nSPS) is 14.0. The van der Waals surface area contributed by atoms with E-state index in [1.165, 1.54) is 0 Å². The maximum absolute atomic E-state index is 10.8. The molecule has 0 bridgehead atoms. The van der Waals surface area contributed by atoms with Crippen LogP contribution < -0.4 is 0 Å². The van der Waals surface area contributed by atoms with E-state index >= 15 is 0 Å². The lowest BCUT2D eigenvalue weighted by Crippen LogP contribution is -2.04. The van der Waals surface area contributed by atoms with E-state index in [4.69, 9.17) is 50.1 Å². The molecular weight excluding hydrogens is 276 g/mol. The average molecular weight is 280 g/mol. The van der Waals surface area contributed by atoms with Gasteiger partial charge in [-0.15, -0.1) is 0 Å². The van der Waals surface area contributed by atoms with E-state index in [9.17, 15) is 9.13 Å². The quantitative estimate of drug-likeness (QED) is 0.803. The fourth-order valence-electron chi connectivity index (χ4n) is 0.347. The molecule has 0 saturated carbocycles. The third kappa shape index (κ3) is 4.38. The van der Waals surface area contributed by atoms with Crippen molar-refractivity contribution in [1.82, 2.24) is 0 Å². The molecular formula is C2H4Cl4O3P2. The van der Waals surface area contributed by atoms with Crippen LogP contribution in [0.4, 0.5) is 0 Å². The fraction of sp³-hybridized carbons (Fsp3) is 1.00. The summed E-state index contributed by atoms with van der Waals surface area (Å²) in [7, 11) is 0. The highest BCUT2D eigenvalue weighted by Gasteiger charge is 2.41. The second-order valence-corrected chi connectivity index (χ2v) is 12.4. The van der Waals surface area contributed by atoms with Crippen molar-refractivity contribution in [1.29, 1.82) is 0 Å². The second kappa shape index (κ2) is 4.19. The average Bonchev–Trinajstić information content (AvgIpc) is 1.56. The predicted octanol–water partition coefficient (Wildman–Crippen LogP) is 3.65. The van der Waals surface area contributed by atoms with Crippen LogP contribution >= 0.6 is 56.7 Å². The Balaban J connectivity index is 4.72. The molecule has 3 nitrogen and oxygen atoms in total. The van der Waals surface area contributed by atoms with Crippen LogP contribution in [0.2, 0.25) is 0 Å². The molecule has 0 heterocycles. The molecule has 0 aromatic rings. The van der Waals surface area contributed by atoms with Gasteiger partial charge in [0.05, 0.1) is 6.61 Å². The largest absolute Gasteiger partial charge is 0.395 e. The summed E-state index contributed by atoms with van der Waals surface area (Å²) >= 11 is 20.4. The summed E-state index contributed by atoms with van der Waals surface area (Å²) in [5.41, 5.74) is 0. The molecule has 0 radical (unpaired) electrons. The smallest absolute Gasteiger partial charge is 0.267 e. The molecule has 11 heavy (non-hydrogen) atoms. The standard InChI is InChI=1S/C2H4Cl4O3P2/c3-10(4,8)2(1-7)11(5,6)9/h2,7H,1H2. The third-order valence-corrected chi connectivity index (χ3v) is 8.98. The van der Waals surface area contributed by atoms with Crippen molar-refractivity contribution >= 4 is 56.7 Å². The van der Waals surface area contributed by atoms with Crippen molar-refractivity contribution in [2.45, 2.75) is 5.40 Å². The van der Waals surface area contributed by atoms with E-state index in [1.54, 1.807) is 0 Å². The van der Waals surface area contributed by atoms with Crippen LogP contribution in [0.15, 0.2) is 0 Å². The first kappa shape index (κ1) is 12.6. The van der Waals surface area contributed by atoms with Gasteiger partial charge in [0.1, 0.15) is 5.40 Å². The van der Waals surface area contributed by atoms with E-state index in [0.717, 1.165) is 0 Å². The number of hydrogen-bond donors (Lipinski definition) is 1. The monoisotopic (exact) mass is 278 g/mol. The zero-order valence-corrected chi connectivity index (χ0v) is 9.77. The molecule has 0 atom stereocenters. The Hall–Kier alpha value is 1.58. The van der Waals surface area contributed by atoms with Crippen LogP contribution in [0.25, 0.3) is 0 Å². The molecule has 0 aromatic carbocycles. The fourth-order valence-corrected chi connectivity index (χ4v) is 8.75. The molecule has 0 unspecified atom stereocenters. The summed E-state index contributed by atoms with van der Waals surface area (Å²) in [6.07, 6.45) is 0. The van der Waals surface area contributed by atoms with E-state index in [0.29, 0.717) is 0 Å². The van der Waals surface area contributed by atoms with Gasteiger partial charge in [0.25, 0.3) is 11.7 Å². The van der Waals surface area contributed by atoms with Crippen LogP contribution in [0, 0.1) is 0 Å². The highest BCUT2D eigenvalue weighted by Crippen LogP contribution is 2.77. The van der Waals surface area contributed by atoms with Gasteiger partial charge in [0.2, 0.25) is 0 Å². The van der Waals surface area contributed by atoms with Crippen molar-refractivity contribution in [2.75, 3.05) is 6.61 Å². The zero-order chi connectivity index (χ0) is 9.28. The van der Waals surface area contributed by atoms with E-state index in [2.05, 4.69) is 0 Å². The van der Waals surface area contributed by atoms with Gasteiger partial charge in [-0.05, 0) is 45.0 Å². The molecule has 0 aliphatic rings. The van der Waals surface area contributed by atoms with Gasteiger partial charge < -0.3 is 5.11 Å². The molecule has 9 heteroatoms. The van der Waals surface area contributed by atoms with Gasteiger partial charge in [0.15, 0.2) is 0 Å². The first-order chi connectivity index (χ1) is 4.69. The Morgan fingerprint density at radius 1 is 1.09 bits per heavy atom. The van der Waals surface area contributed by atoms with Gasteiger partial charge in [-0.25, -0.2) is 0 Å². The Morgan fingerprint density at radius 2 is 1.36 bits per heavy atom. The van der Waals surface area contributed by atoms with Gasteiger partial charge in [-0.2, -0.15) is 0 Å². The van der Waals surface area contributed by atoms with Crippen LogP contribution in [0.1, 0.15) is 0 Å². The van der Waals surface area contributed by atoms with Crippen molar-refractivity contribution in [2.24, 2.45) is 0 Å². The lowest BCUT2D eigenvalue weighted by atomic mass is 10.9. The van der Waals surface area contributed by atoms with Crippen molar-refractivity contribution in [3.05, 3.63) is 0 Å². The molecule has 0 aliphatic heterocycles. The minimum atomic E-state index is -3.73. The maximum Gasteiger partial charge on any atom is 0.267 e. The molecule has 0 aromatic heterocycles. The van der Waals surface area contributed by atoms with Gasteiger partial charge in [-0.1, -0.05) is 0 Å². The summed E-state index contributed by atoms with van der Waals surface area (Å²) in [6, 6.07) is 0. The summed E-state index contributed by atoms with van der Waals surface area (Å²) in [4.78, 5) is 0. The molecule has 0 saturated heterocycles. The number of halogens is 4. The minimum absolute atomic E-state index is 0.769. The van der Waals surface area contributed by atoms with Crippen LogP contribution in [-0.4, -0.2) is 17.1 Å². The molecule has 0 fully saturated rings. The first-order valence-electron chi connectivity index (χ1n) is 2.28. The van der Waals surface area contributed by atoms with Crippen molar-refractivity contribution in [3.8, 4) is 0 Å². The topological polar surface area (TPSA) is 54.4 Å². The predicted molar refractivity (Wildman–Crippen MR) is 49.5 cm³/mol. The van der Waals surface area contributed by atoms with Gasteiger partial charge in [0, 0.05) is 0 Å². The Kier molecular flexibility index (Phi) is 4.80. The number of hydrogen-bond acceptors (Lipinski definition) is 3. The number of rotatable bonds is 3. The van der Waals surface area contributed by atoms with Crippen molar-refractivity contribution in [3.63, 3.8) is 0 Å². The Labute approximate surface area is 82.9 Å². The Morgan fingerprint density at radius 3 is 1.36 bits per heavy atom. The minimum Gasteiger partial charge on any atom is -0.395 e. The molecule has 0 rings (SSSR count). The third-order valence-electron chi connectivity index (χ3n) is 0.857. The summed E-state index contributed by atoms with van der Waals surface area (Å²) < 4.78 is 21.6. The molecule has 1 N–H and O–H groups in total. The second-order valence-electron chi connectivity index (χ2n) is 1.67. The summed E-state index contributed by atoms with van der Waals surface area (Å²) in [6.45, 7) is -0.769. The molecule has 0 spiro atoms.